The molecule has 2 amide bonds. The number of rotatable bonds is 6. The molecule has 1 aromatic rings. The third-order valence-electron chi connectivity index (χ3n) is 2.76. The number of amides is 2. The molecule has 0 aliphatic carbocycles. The topological polar surface area (TPSA) is 61.4 Å². The zero-order valence-electron chi connectivity index (χ0n) is 13.0. The summed E-state index contributed by atoms with van der Waals surface area (Å²) in [5, 5.41) is 14.7. The SMILES string of the molecule is CC(C)(C)SCCNC(=O)NC(CO)c1ccc(Cl)c(F)c1. The van der Waals surface area contributed by atoms with Gasteiger partial charge in [-0.05, 0) is 17.7 Å². The summed E-state index contributed by atoms with van der Waals surface area (Å²) in [5.41, 5.74) is 0.462. The van der Waals surface area contributed by atoms with E-state index in [0.29, 0.717) is 12.1 Å². The Morgan fingerprint density at radius 2 is 2.14 bits per heavy atom. The van der Waals surface area contributed by atoms with E-state index in [1.54, 1.807) is 17.8 Å². The smallest absolute Gasteiger partial charge is 0.315 e. The van der Waals surface area contributed by atoms with Crippen LogP contribution in [0.5, 0.6) is 0 Å². The minimum atomic E-state index is -0.679. The number of carbonyl (C=O) groups is 1. The molecule has 3 N–H and O–H groups in total. The monoisotopic (exact) mass is 348 g/mol. The number of hydrogen-bond donors (Lipinski definition) is 3. The third-order valence-corrected chi connectivity index (χ3v) is 4.34. The molecule has 0 fully saturated rings. The Balaban J connectivity index is 2.48. The second kappa shape index (κ2) is 8.60. The fourth-order valence-electron chi connectivity index (χ4n) is 1.69. The Hall–Kier alpha value is -0.980. The van der Waals surface area contributed by atoms with Gasteiger partial charge >= 0.3 is 6.03 Å². The summed E-state index contributed by atoms with van der Waals surface area (Å²) in [4.78, 5) is 11.8. The fraction of sp³-hybridized carbons (Fsp3) is 0.533. The molecule has 0 heterocycles. The third kappa shape index (κ3) is 6.85. The number of hydrogen-bond acceptors (Lipinski definition) is 3. The Morgan fingerprint density at radius 3 is 2.68 bits per heavy atom. The molecular formula is C15H22ClFN2O2S. The lowest BCUT2D eigenvalue weighted by Crippen LogP contribution is -2.40. The van der Waals surface area contributed by atoms with Crippen molar-refractivity contribution >= 4 is 29.4 Å². The molecule has 0 bridgehead atoms. The van der Waals surface area contributed by atoms with Crippen LogP contribution in [0.3, 0.4) is 0 Å². The van der Waals surface area contributed by atoms with Crippen molar-refractivity contribution in [2.75, 3.05) is 18.9 Å². The van der Waals surface area contributed by atoms with E-state index in [9.17, 15) is 14.3 Å². The first-order chi connectivity index (χ1) is 10.2. The van der Waals surface area contributed by atoms with Crippen LogP contribution in [0, 0.1) is 5.82 Å². The highest BCUT2D eigenvalue weighted by atomic mass is 35.5. The zero-order chi connectivity index (χ0) is 16.8. The molecule has 0 saturated heterocycles. The molecule has 1 aromatic carbocycles. The number of benzene rings is 1. The van der Waals surface area contributed by atoms with Crippen LogP contribution in [0.1, 0.15) is 32.4 Å². The van der Waals surface area contributed by atoms with Crippen LogP contribution in [0.4, 0.5) is 9.18 Å². The number of aliphatic hydroxyl groups excluding tert-OH is 1. The number of halogens is 2. The molecule has 0 saturated carbocycles. The number of aliphatic hydroxyl groups is 1. The lowest BCUT2D eigenvalue weighted by molar-refractivity contribution is 0.217. The molecular weight excluding hydrogens is 327 g/mol. The van der Waals surface area contributed by atoms with E-state index < -0.39 is 17.9 Å². The van der Waals surface area contributed by atoms with E-state index in [2.05, 4.69) is 31.4 Å². The Labute approximate surface area is 139 Å². The Morgan fingerprint density at radius 1 is 1.45 bits per heavy atom. The molecule has 124 valence electrons. The van der Waals surface area contributed by atoms with Crippen LogP contribution in [-0.2, 0) is 0 Å². The minimum absolute atomic E-state index is 0.00379. The van der Waals surface area contributed by atoms with E-state index in [1.807, 2.05) is 0 Å². The van der Waals surface area contributed by atoms with Crippen LogP contribution in [-0.4, -0.2) is 34.8 Å². The van der Waals surface area contributed by atoms with Crippen LogP contribution in [0.25, 0.3) is 0 Å². The van der Waals surface area contributed by atoms with E-state index in [1.165, 1.54) is 12.1 Å². The van der Waals surface area contributed by atoms with Crippen molar-refractivity contribution in [1.82, 2.24) is 10.6 Å². The van der Waals surface area contributed by atoms with Crippen LogP contribution < -0.4 is 10.6 Å². The standard InChI is InChI=1S/C15H22ClFN2O2S/c1-15(2,3)22-7-6-18-14(21)19-13(9-20)10-4-5-11(16)12(17)8-10/h4-5,8,13,20H,6-7,9H2,1-3H3,(H2,18,19,21). The van der Waals surface area contributed by atoms with Gasteiger partial charge in [0.15, 0.2) is 0 Å². The molecule has 4 nitrogen and oxygen atoms in total. The van der Waals surface area contributed by atoms with Crippen LogP contribution in [0.15, 0.2) is 18.2 Å². The summed E-state index contributed by atoms with van der Waals surface area (Å²) in [7, 11) is 0. The van der Waals surface area contributed by atoms with E-state index >= 15 is 0 Å². The summed E-state index contributed by atoms with van der Waals surface area (Å²) >= 11 is 7.36. The van der Waals surface area contributed by atoms with Crippen molar-refractivity contribution in [3.8, 4) is 0 Å². The lowest BCUT2D eigenvalue weighted by Gasteiger charge is -2.19. The predicted molar refractivity (Wildman–Crippen MR) is 90.0 cm³/mol. The predicted octanol–water partition coefficient (Wildman–Crippen LogP) is 3.34. The van der Waals surface area contributed by atoms with Crippen molar-refractivity contribution in [2.24, 2.45) is 0 Å². The van der Waals surface area contributed by atoms with E-state index in [-0.39, 0.29) is 16.4 Å². The lowest BCUT2D eigenvalue weighted by atomic mass is 10.1. The number of carbonyl (C=O) groups excluding carboxylic acids is 1. The van der Waals surface area contributed by atoms with Gasteiger partial charge in [0.1, 0.15) is 5.82 Å². The van der Waals surface area contributed by atoms with Crippen LogP contribution in [0.2, 0.25) is 5.02 Å². The highest BCUT2D eigenvalue weighted by molar-refractivity contribution is 8.00. The normalized spacial score (nSPS) is 12.8. The summed E-state index contributed by atoms with van der Waals surface area (Å²) in [6.45, 7) is 6.50. The minimum Gasteiger partial charge on any atom is -0.394 e. The first-order valence-corrected chi connectivity index (χ1v) is 8.33. The van der Waals surface area contributed by atoms with Crippen LogP contribution >= 0.6 is 23.4 Å². The fourth-order valence-corrected chi connectivity index (χ4v) is 2.63. The molecule has 1 rings (SSSR count). The first-order valence-electron chi connectivity index (χ1n) is 6.97. The van der Waals surface area contributed by atoms with E-state index in [0.717, 1.165) is 5.75 Å². The summed E-state index contributed by atoms with van der Waals surface area (Å²) in [6.07, 6.45) is 0. The average molecular weight is 349 g/mol. The van der Waals surface area contributed by atoms with Crippen molar-refractivity contribution in [2.45, 2.75) is 31.6 Å². The van der Waals surface area contributed by atoms with Crippen molar-refractivity contribution in [3.63, 3.8) is 0 Å². The number of nitrogens with one attached hydrogen (secondary N) is 2. The Bertz CT molecular complexity index is 509. The van der Waals surface area contributed by atoms with Gasteiger partial charge in [-0.15, -0.1) is 0 Å². The quantitative estimate of drug-likeness (QED) is 0.691. The molecule has 1 atom stereocenters. The zero-order valence-corrected chi connectivity index (χ0v) is 14.5. The maximum atomic E-state index is 13.4. The van der Waals surface area contributed by atoms with Gasteiger partial charge in [-0.2, -0.15) is 11.8 Å². The molecule has 0 aliphatic heterocycles. The van der Waals surface area contributed by atoms with Gasteiger partial charge in [0.2, 0.25) is 0 Å². The number of thioether (sulfide) groups is 1. The highest BCUT2D eigenvalue weighted by Crippen LogP contribution is 2.22. The second-order valence-corrected chi connectivity index (χ2v) is 8.10. The molecule has 0 aliphatic rings. The van der Waals surface area contributed by atoms with Crippen molar-refractivity contribution < 1.29 is 14.3 Å². The van der Waals surface area contributed by atoms with Gasteiger partial charge in [0, 0.05) is 17.0 Å². The van der Waals surface area contributed by atoms with Gasteiger partial charge in [-0.25, -0.2) is 9.18 Å². The van der Waals surface area contributed by atoms with Crippen molar-refractivity contribution in [3.05, 3.63) is 34.6 Å². The second-order valence-electron chi connectivity index (χ2n) is 5.77. The first kappa shape index (κ1) is 19.1. The molecule has 0 spiro atoms. The highest BCUT2D eigenvalue weighted by Gasteiger charge is 2.15. The summed E-state index contributed by atoms with van der Waals surface area (Å²) in [6, 6.07) is 3.10. The molecule has 22 heavy (non-hydrogen) atoms. The molecule has 0 aromatic heterocycles. The van der Waals surface area contributed by atoms with Gasteiger partial charge in [0.05, 0.1) is 17.7 Å². The van der Waals surface area contributed by atoms with Crippen molar-refractivity contribution in [1.29, 1.82) is 0 Å². The van der Waals surface area contributed by atoms with Gasteiger partial charge in [0.25, 0.3) is 0 Å². The maximum absolute atomic E-state index is 13.4. The van der Waals surface area contributed by atoms with Gasteiger partial charge < -0.3 is 15.7 Å². The van der Waals surface area contributed by atoms with Gasteiger partial charge in [-0.1, -0.05) is 38.4 Å². The van der Waals surface area contributed by atoms with Gasteiger partial charge in [-0.3, -0.25) is 0 Å². The summed E-state index contributed by atoms with van der Waals surface area (Å²) in [5.74, 6) is 0.206. The Kier molecular flexibility index (Phi) is 7.45. The number of urea groups is 1. The summed E-state index contributed by atoms with van der Waals surface area (Å²) < 4.78 is 13.6. The maximum Gasteiger partial charge on any atom is 0.315 e. The van der Waals surface area contributed by atoms with E-state index in [4.69, 9.17) is 11.6 Å². The average Bonchev–Trinajstić information content (AvgIpc) is 2.43. The molecule has 1 unspecified atom stereocenters. The largest absolute Gasteiger partial charge is 0.394 e. The molecule has 0 radical (unpaired) electrons. The molecule has 7 heteroatoms.